The number of benzene rings is 2. The summed E-state index contributed by atoms with van der Waals surface area (Å²) in [7, 11) is 1.76. The minimum absolute atomic E-state index is 0.0593. The van der Waals surface area contributed by atoms with Crippen LogP contribution in [0, 0.1) is 5.92 Å². The Morgan fingerprint density at radius 2 is 1.81 bits per heavy atom. The monoisotopic (exact) mass is 352 g/mol. The van der Waals surface area contributed by atoms with Crippen molar-refractivity contribution in [2.45, 2.75) is 19.4 Å². The zero-order valence-electron chi connectivity index (χ0n) is 14.5. The molecule has 1 fully saturated rings. The van der Waals surface area contributed by atoms with Crippen molar-refractivity contribution in [3.63, 3.8) is 0 Å². The van der Waals surface area contributed by atoms with Gasteiger partial charge in [-0.15, -0.1) is 0 Å². The summed E-state index contributed by atoms with van der Waals surface area (Å²) >= 11 is 0. The first-order chi connectivity index (χ1) is 12.6. The number of nitrogens with one attached hydrogen (secondary N) is 1. The third-order valence-corrected chi connectivity index (χ3v) is 4.55. The highest BCUT2D eigenvalue weighted by atomic mass is 16.7. The van der Waals surface area contributed by atoms with Crippen LogP contribution in [0.5, 0.6) is 11.5 Å². The predicted octanol–water partition coefficient (Wildman–Crippen LogP) is 3.04. The number of nitrogens with zero attached hydrogens (tertiary/aromatic N) is 1. The molecule has 0 atom stereocenters. The van der Waals surface area contributed by atoms with E-state index in [0.717, 1.165) is 29.8 Å². The van der Waals surface area contributed by atoms with Crippen molar-refractivity contribution >= 4 is 17.5 Å². The van der Waals surface area contributed by atoms with Crippen molar-refractivity contribution in [3.8, 4) is 11.5 Å². The molecule has 0 spiro atoms. The van der Waals surface area contributed by atoms with Gasteiger partial charge in [0.2, 0.25) is 12.7 Å². The summed E-state index contributed by atoms with van der Waals surface area (Å²) < 4.78 is 10.7. The zero-order valence-corrected chi connectivity index (χ0v) is 14.5. The minimum Gasteiger partial charge on any atom is -0.454 e. The van der Waals surface area contributed by atoms with E-state index in [-0.39, 0.29) is 24.5 Å². The number of carbonyl (C=O) groups is 2. The Kier molecular flexibility index (Phi) is 4.24. The van der Waals surface area contributed by atoms with Gasteiger partial charge >= 0.3 is 0 Å². The molecule has 0 aromatic heterocycles. The molecule has 0 saturated heterocycles. The van der Waals surface area contributed by atoms with Gasteiger partial charge < -0.3 is 19.7 Å². The van der Waals surface area contributed by atoms with E-state index in [9.17, 15) is 9.59 Å². The number of hydrogen-bond acceptors (Lipinski definition) is 4. The lowest BCUT2D eigenvalue weighted by atomic mass is 10.1. The van der Waals surface area contributed by atoms with E-state index in [4.69, 9.17) is 9.47 Å². The Morgan fingerprint density at radius 3 is 2.54 bits per heavy atom. The first-order valence-electron chi connectivity index (χ1n) is 8.65. The molecule has 134 valence electrons. The Morgan fingerprint density at radius 1 is 1.08 bits per heavy atom. The molecule has 26 heavy (non-hydrogen) atoms. The van der Waals surface area contributed by atoms with Crippen molar-refractivity contribution in [1.29, 1.82) is 0 Å². The summed E-state index contributed by atoms with van der Waals surface area (Å²) in [6.45, 7) is 0.701. The van der Waals surface area contributed by atoms with E-state index in [1.165, 1.54) is 0 Å². The molecule has 2 aromatic rings. The molecule has 0 unspecified atom stereocenters. The Hall–Kier alpha value is -3.02. The fourth-order valence-corrected chi connectivity index (χ4v) is 2.89. The van der Waals surface area contributed by atoms with Gasteiger partial charge in [0.1, 0.15) is 0 Å². The SMILES string of the molecule is CN(Cc1ccc2c(c1)OCO2)C(=O)c1ccc(NC(=O)C2CC2)cc1. The molecule has 4 rings (SSSR count). The van der Waals surface area contributed by atoms with Crippen LogP contribution in [-0.4, -0.2) is 30.6 Å². The summed E-state index contributed by atoms with van der Waals surface area (Å²) in [6.07, 6.45) is 1.93. The first kappa shape index (κ1) is 16.4. The standard InChI is InChI=1S/C20H20N2O4/c1-22(11-13-2-9-17-18(10-13)26-12-25-17)20(24)15-5-7-16(8-6-15)21-19(23)14-3-4-14/h2,5-10,14H,3-4,11-12H2,1H3,(H,21,23). The van der Waals surface area contributed by atoms with Gasteiger partial charge in [-0.25, -0.2) is 0 Å². The summed E-state index contributed by atoms with van der Waals surface area (Å²) in [4.78, 5) is 26.0. The van der Waals surface area contributed by atoms with Crippen LogP contribution in [0.4, 0.5) is 5.69 Å². The highest BCUT2D eigenvalue weighted by Crippen LogP contribution is 2.33. The molecular formula is C20H20N2O4. The Labute approximate surface area is 151 Å². The van der Waals surface area contributed by atoms with Gasteiger partial charge in [-0.2, -0.15) is 0 Å². The van der Waals surface area contributed by atoms with E-state index >= 15 is 0 Å². The number of anilines is 1. The van der Waals surface area contributed by atoms with Crippen LogP contribution in [0.25, 0.3) is 0 Å². The van der Waals surface area contributed by atoms with Crippen molar-refractivity contribution in [2.24, 2.45) is 5.92 Å². The lowest BCUT2D eigenvalue weighted by Gasteiger charge is -2.18. The topological polar surface area (TPSA) is 67.9 Å². The summed E-state index contributed by atoms with van der Waals surface area (Å²) in [5.41, 5.74) is 2.27. The van der Waals surface area contributed by atoms with Crippen LogP contribution < -0.4 is 14.8 Å². The zero-order chi connectivity index (χ0) is 18.1. The largest absolute Gasteiger partial charge is 0.454 e. The van der Waals surface area contributed by atoms with Crippen LogP contribution >= 0.6 is 0 Å². The predicted molar refractivity (Wildman–Crippen MR) is 96.2 cm³/mol. The van der Waals surface area contributed by atoms with E-state index in [1.54, 1.807) is 36.2 Å². The second kappa shape index (κ2) is 6.71. The highest BCUT2D eigenvalue weighted by molar-refractivity contribution is 5.96. The smallest absolute Gasteiger partial charge is 0.253 e. The lowest BCUT2D eigenvalue weighted by Crippen LogP contribution is -2.26. The maximum absolute atomic E-state index is 12.6. The highest BCUT2D eigenvalue weighted by Gasteiger charge is 2.29. The number of fused-ring (bicyclic) bond motifs is 1. The molecule has 1 aliphatic heterocycles. The van der Waals surface area contributed by atoms with Crippen LogP contribution in [0.2, 0.25) is 0 Å². The second-order valence-electron chi connectivity index (χ2n) is 6.69. The summed E-state index contributed by atoms with van der Waals surface area (Å²) in [5, 5.41) is 2.87. The maximum Gasteiger partial charge on any atom is 0.253 e. The molecule has 2 aromatic carbocycles. The number of carbonyl (C=O) groups excluding carboxylic acids is 2. The number of amides is 2. The first-order valence-corrected chi connectivity index (χ1v) is 8.65. The maximum atomic E-state index is 12.6. The van der Waals surface area contributed by atoms with Crippen molar-refractivity contribution in [2.75, 3.05) is 19.2 Å². The van der Waals surface area contributed by atoms with E-state index in [2.05, 4.69) is 5.32 Å². The Bertz CT molecular complexity index is 843. The lowest BCUT2D eigenvalue weighted by molar-refractivity contribution is -0.117. The van der Waals surface area contributed by atoms with Gasteiger partial charge in [0.25, 0.3) is 5.91 Å². The molecule has 0 bridgehead atoms. The number of hydrogen-bond donors (Lipinski definition) is 1. The molecule has 1 aliphatic carbocycles. The van der Waals surface area contributed by atoms with Crippen LogP contribution in [0.15, 0.2) is 42.5 Å². The summed E-state index contributed by atoms with van der Waals surface area (Å²) in [5.74, 6) is 1.57. The van der Waals surface area contributed by atoms with Gasteiger partial charge in [-0.3, -0.25) is 9.59 Å². The van der Waals surface area contributed by atoms with Crippen molar-refractivity contribution in [1.82, 2.24) is 4.90 Å². The van der Waals surface area contributed by atoms with Gasteiger partial charge in [0.15, 0.2) is 11.5 Å². The van der Waals surface area contributed by atoms with Crippen LogP contribution in [-0.2, 0) is 11.3 Å². The van der Waals surface area contributed by atoms with Crippen LogP contribution in [0.1, 0.15) is 28.8 Å². The van der Waals surface area contributed by atoms with Gasteiger partial charge in [0.05, 0.1) is 0 Å². The average molecular weight is 352 g/mol. The van der Waals surface area contributed by atoms with E-state index < -0.39 is 0 Å². The molecule has 1 heterocycles. The van der Waals surface area contributed by atoms with Gasteiger partial charge in [-0.05, 0) is 54.8 Å². The quantitative estimate of drug-likeness (QED) is 0.898. The van der Waals surface area contributed by atoms with Gasteiger partial charge in [0, 0.05) is 30.8 Å². The molecule has 2 amide bonds. The number of ether oxygens (including phenoxy) is 2. The van der Waals surface area contributed by atoms with E-state index in [0.29, 0.717) is 17.9 Å². The van der Waals surface area contributed by atoms with Crippen molar-refractivity contribution < 1.29 is 19.1 Å². The third-order valence-electron chi connectivity index (χ3n) is 4.55. The molecular weight excluding hydrogens is 332 g/mol. The fourth-order valence-electron chi connectivity index (χ4n) is 2.89. The number of rotatable bonds is 5. The van der Waals surface area contributed by atoms with Gasteiger partial charge in [-0.1, -0.05) is 6.07 Å². The average Bonchev–Trinajstić information content (AvgIpc) is 3.40. The minimum atomic E-state index is -0.0808. The van der Waals surface area contributed by atoms with Crippen molar-refractivity contribution in [3.05, 3.63) is 53.6 Å². The molecule has 6 nitrogen and oxygen atoms in total. The molecule has 2 aliphatic rings. The normalized spacial score (nSPS) is 14.8. The summed E-state index contributed by atoms with van der Waals surface area (Å²) in [6, 6.07) is 12.7. The molecule has 6 heteroatoms. The fraction of sp³-hybridized carbons (Fsp3) is 0.300. The van der Waals surface area contributed by atoms with E-state index in [1.807, 2.05) is 18.2 Å². The van der Waals surface area contributed by atoms with Crippen LogP contribution in [0.3, 0.4) is 0 Å². The molecule has 1 N–H and O–H groups in total. The second-order valence-corrected chi connectivity index (χ2v) is 6.69. The third kappa shape index (κ3) is 3.49. The molecule has 1 saturated carbocycles. The molecule has 0 radical (unpaired) electrons. The Balaban J connectivity index is 1.39.